The quantitative estimate of drug-likeness (QED) is 0.770. The van der Waals surface area contributed by atoms with Crippen molar-refractivity contribution in [2.75, 3.05) is 20.8 Å². The molecule has 3 heterocycles. The number of hydrogen-bond donors (Lipinski definition) is 1. The third-order valence-corrected chi connectivity index (χ3v) is 4.83. The van der Waals surface area contributed by atoms with Crippen molar-refractivity contribution >= 4 is 5.91 Å². The van der Waals surface area contributed by atoms with Crippen molar-refractivity contribution < 1.29 is 14.3 Å². The third-order valence-electron chi connectivity index (χ3n) is 4.83. The number of benzene rings is 1. The Hall–Kier alpha value is -3.35. The van der Waals surface area contributed by atoms with Crippen LogP contribution in [0.15, 0.2) is 48.9 Å². The minimum absolute atomic E-state index is 0.00131. The summed E-state index contributed by atoms with van der Waals surface area (Å²) in [5, 5.41) is 0. The van der Waals surface area contributed by atoms with E-state index in [2.05, 4.69) is 15.0 Å². The summed E-state index contributed by atoms with van der Waals surface area (Å²) in [4.78, 5) is 26.6. The van der Waals surface area contributed by atoms with Crippen molar-refractivity contribution in [2.45, 2.75) is 12.5 Å². The number of carbonyl (C=O) groups is 1. The number of methoxy groups -OCH3 is 2. The van der Waals surface area contributed by atoms with Gasteiger partial charge in [0.25, 0.3) is 5.91 Å². The fraction of sp³-hybridized carbons (Fsp3) is 0.250. The van der Waals surface area contributed by atoms with Gasteiger partial charge in [0.05, 0.1) is 38.5 Å². The summed E-state index contributed by atoms with van der Waals surface area (Å²) in [5.74, 6) is 1.16. The smallest absolute Gasteiger partial charge is 0.254 e. The van der Waals surface area contributed by atoms with Crippen LogP contribution < -0.4 is 9.47 Å². The lowest BCUT2D eigenvalue weighted by Gasteiger charge is -2.32. The molecule has 0 saturated heterocycles. The maximum absolute atomic E-state index is 13.1. The van der Waals surface area contributed by atoms with Gasteiger partial charge in [-0.05, 0) is 23.8 Å². The molecule has 2 aromatic heterocycles. The number of hydrogen-bond acceptors (Lipinski definition) is 5. The van der Waals surface area contributed by atoms with Crippen LogP contribution in [0.2, 0.25) is 0 Å². The lowest BCUT2D eigenvalue weighted by molar-refractivity contribution is 0.0721. The van der Waals surface area contributed by atoms with Gasteiger partial charge in [0.1, 0.15) is 5.75 Å². The van der Waals surface area contributed by atoms with E-state index in [-0.39, 0.29) is 11.8 Å². The molecular weight excluding hydrogens is 344 g/mol. The van der Waals surface area contributed by atoms with Gasteiger partial charge in [0, 0.05) is 30.3 Å². The average Bonchev–Trinajstić information content (AvgIpc) is 3.21. The van der Waals surface area contributed by atoms with Gasteiger partial charge >= 0.3 is 0 Å². The zero-order valence-corrected chi connectivity index (χ0v) is 15.2. The number of ether oxygens (including phenoxy) is 2. The van der Waals surface area contributed by atoms with E-state index in [4.69, 9.17) is 9.47 Å². The summed E-state index contributed by atoms with van der Waals surface area (Å²) in [6.07, 6.45) is 3.27. The maximum Gasteiger partial charge on any atom is 0.254 e. The van der Waals surface area contributed by atoms with E-state index in [1.54, 1.807) is 31.8 Å². The van der Waals surface area contributed by atoms with Crippen LogP contribution in [-0.2, 0) is 6.54 Å². The fourth-order valence-electron chi connectivity index (χ4n) is 3.41. The number of rotatable bonds is 4. The lowest BCUT2D eigenvalue weighted by atomic mass is 9.90. The SMILES string of the molecule is COc1ccc(C2CN(C(=O)c3ccnc(OC)c3)Cc3[nH]cnc32)cc1. The second-order valence-electron chi connectivity index (χ2n) is 6.36. The Balaban J connectivity index is 1.65. The number of fused-ring (bicyclic) bond motifs is 1. The van der Waals surface area contributed by atoms with E-state index in [0.29, 0.717) is 24.5 Å². The molecule has 0 fully saturated rings. The van der Waals surface area contributed by atoms with Gasteiger partial charge in [-0.2, -0.15) is 0 Å². The molecule has 0 spiro atoms. The molecule has 0 saturated carbocycles. The molecule has 1 atom stereocenters. The van der Waals surface area contributed by atoms with Crippen LogP contribution in [-0.4, -0.2) is 46.5 Å². The van der Waals surface area contributed by atoms with Crippen molar-refractivity contribution in [1.29, 1.82) is 0 Å². The molecule has 7 nitrogen and oxygen atoms in total. The number of aromatic amines is 1. The summed E-state index contributed by atoms with van der Waals surface area (Å²) in [6, 6.07) is 11.3. The minimum Gasteiger partial charge on any atom is -0.497 e. The Bertz CT molecular complexity index is 952. The lowest BCUT2D eigenvalue weighted by Crippen LogP contribution is -2.38. The Morgan fingerprint density at radius 2 is 1.96 bits per heavy atom. The molecule has 27 heavy (non-hydrogen) atoms. The number of imidazole rings is 1. The summed E-state index contributed by atoms with van der Waals surface area (Å²) in [5.41, 5.74) is 3.58. The van der Waals surface area contributed by atoms with Gasteiger partial charge in [-0.15, -0.1) is 0 Å². The molecule has 0 radical (unpaired) electrons. The monoisotopic (exact) mass is 364 g/mol. The van der Waals surface area contributed by atoms with E-state index in [0.717, 1.165) is 22.7 Å². The molecule has 1 aliphatic rings. The second-order valence-corrected chi connectivity index (χ2v) is 6.36. The van der Waals surface area contributed by atoms with Crippen LogP contribution in [0.3, 0.4) is 0 Å². The third kappa shape index (κ3) is 3.23. The van der Waals surface area contributed by atoms with Gasteiger partial charge in [0.15, 0.2) is 0 Å². The summed E-state index contributed by atoms with van der Waals surface area (Å²) < 4.78 is 10.4. The van der Waals surface area contributed by atoms with Gasteiger partial charge in [-0.1, -0.05) is 12.1 Å². The highest BCUT2D eigenvalue weighted by molar-refractivity contribution is 5.94. The highest BCUT2D eigenvalue weighted by atomic mass is 16.5. The first-order valence-corrected chi connectivity index (χ1v) is 8.65. The van der Waals surface area contributed by atoms with Crippen LogP contribution in [0.25, 0.3) is 0 Å². The zero-order chi connectivity index (χ0) is 18.8. The van der Waals surface area contributed by atoms with E-state index in [1.807, 2.05) is 29.2 Å². The zero-order valence-electron chi connectivity index (χ0n) is 15.2. The van der Waals surface area contributed by atoms with Gasteiger partial charge in [0.2, 0.25) is 5.88 Å². The normalized spacial score (nSPS) is 15.9. The molecule has 4 rings (SSSR count). The number of H-pyrrole nitrogens is 1. The minimum atomic E-state index is -0.0607. The maximum atomic E-state index is 13.1. The molecular formula is C20H20N4O3. The molecule has 0 aliphatic carbocycles. The molecule has 1 N–H and O–H groups in total. The van der Waals surface area contributed by atoms with Crippen LogP contribution in [0.5, 0.6) is 11.6 Å². The van der Waals surface area contributed by atoms with Gasteiger partial charge in [-0.25, -0.2) is 9.97 Å². The molecule has 3 aromatic rings. The van der Waals surface area contributed by atoms with Crippen LogP contribution in [0.1, 0.15) is 33.2 Å². The topological polar surface area (TPSA) is 80.3 Å². The first kappa shape index (κ1) is 17.1. The molecule has 1 aliphatic heterocycles. The molecule has 1 aromatic carbocycles. The van der Waals surface area contributed by atoms with E-state index in [9.17, 15) is 4.79 Å². The Kier molecular flexibility index (Phi) is 4.50. The molecule has 0 bridgehead atoms. The summed E-state index contributed by atoms with van der Waals surface area (Å²) in [6.45, 7) is 1.04. The summed E-state index contributed by atoms with van der Waals surface area (Å²) >= 11 is 0. The predicted octanol–water partition coefficient (Wildman–Crippen LogP) is 2.61. The number of pyridine rings is 1. The van der Waals surface area contributed by atoms with Gasteiger partial charge in [-0.3, -0.25) is 4.79 Å². The average molecular weight is 364 g/mol. The standard InChI is InChI=1S/C20H20N4O3/c1-26-15-5-3-13(4-6-15)16-10-24(11-17-19(16)23-12-22-17)20(25)14-7-8-21-18(9-14)27-2/h3-9,12,16H,10-11H2,1-2H3,(H,22,23). The van der Waals surface area contributed by atoms with E-state index in [1.165, 1.54) is 7.11 Å². The second kappa shape index (κ2) is 7.11. The largest absolute Gasteiger partial charge is 0.497 e. The fourth-order valence-corrected chi connectivity index (χ4v) is 3.41. The van der Waals surface area contributed by atoms with Gasteiger partial charge < -0.3 is 19.4 Å². The number of nitrogens with zero attached hydrogens (tertiary/aromatic N) is 3. The Labute approximate surface area is 157 Å². The highest BCUT2D eigenvalue weighted by Crippen LogP contribution is 2.33. The number of carbonyl (C=O) groups excluding carboxylic acids is 1. The highest BCUT2D eigenvalue weighted by Gasteiger charge is 2.32. The number of aromatic nitrogens is 3. The van der Waals surface area contributed by atoms with Crippen molar-refractivity contribution in [3.8, 4) is 11.6 Å². The van der Waals surface area contributed by atoms with E-state index >= 15 is 0 Å². The molecule has 7 heteroatoms. The molecule has 1 unspecified atom stereocenters. The Morgan fingerprint density at radius 1 is 1.15 bits per heavy atom. The molecule has 1 amide bonds. The van der Waals surface area contributed by atoms with Crippen molar-refractivity contribution in [2.24, 2.45) is 0 Å². The van der Waals surface area contributed by atoms with Crippen LogP contribution in [0.4, 0.5) is 0 Å². The number of nitrogens with one attached hydrogen (secondary N) is 1. The van der Waals surface area contributed by atoms with Crippen molar-refractivity contribution in [3.63, 3.8) is 0 Å². The van der Waals surface area contributed by atoms with Crippen LogP contribution in [0, 0.1) is 0 Å². The Morgan fingerprint density at radius 3 is 2.70 bits per heavy atom. The van der Waals surface area contributed by atoms with Crippen LogP contribution >= 0.6 is 0 Å². The first-order chi connectivity index (χ1) is 13.2. The van der Waals surface area contributed by atoms with Crippen molar-refractivity contribution in [3.05, 3.63) is 71.4 Å². The predicted molar refractivity (Wildman–Crippen MR) is 99.0 cm³/mol. The number of amides is 1. The van der Waals surface area contributed by atoms with Crippen molar-refractivity contribution in [1.82, 2.24) is 19.9 Å². The summed E-state index contributed by atoms with van der Waals surface area (Å²) in [7, 11) is 3.18. The first-order valence-electron chi connectivity index (χ1n) is 8.65. The van der Waals surface area contributed by atoms with E-state index < -0.39 is 0 Å². The molecule has 138 valence electrons.